The van der Waals surface area contributed by atoms with Crippen LogP contribution in [0.2, 0.25) is 0 Å². The van der Waals surface area contributed by atoms with Crippen LogP contribution in [-0.2, 0) is 4.74 Å². The van der Waals surface area contributed by atoms with Crippen molar-refractivity contribution in [1.29, 1.82) is 0 Å². The minimum atomic E-state index is -1.05. The van der Waals surface area contributed by atoms with Gasteiger partial charge >= 0.3 is 0 Å². The number of nitrogens with zero attached hydrogens (tertiary/aromatic N) is 5. The van der Waals surface area contributed by atoms with Crippen molar-refractivity contribution in [2.45, 2.75) is 31.5 Å². The minimum absolute atomic E-state index is 0.342. The van der Waals surface area contributed by atoms with Crippen molar-refractivity contribution >= 4 is 22.7 Å². The van der Waals surface area contributed by atoms with Gasteiger partial charge in [0.1, 0.15) is 24.2 Å². The second-order valence-electron chi connectivity index (χ2n) is 5.57. The smallest absolute Gasteiger partial charge is 0.164 e. The van der Waals surface area contributed by atoms with Crippen LogP contribution in [0.4, 0.5) is 5.82 Å². The van der Waals surface area contributed by atoms with Gasteiger partial charge in [-0.2, -0.15) is 5.10 Å². The molecule has 0 radical (unpaired) electrons. The Morgan fingerprint density at radius 2 is 2.05 bits per heavy atom. The van der Waals surface area contributed by atoms with Gasteiger partial charge in [0.15, 0.2) is 17.9 Å². The summed E-state index contributed by atoms with van der Waals surface area (Å²) in [7, 11) is 1.75. The maximum Gasteiger partial charge on any atom is 0.164 e. The first kappa shape index (κ1) is 13.4. The first-order valence-electron chi connectivity index (χ1n) is 6.94. The molecule has 2 aromatic heterocycles. The van der Waals surface area contributed by atoms with Crippen LogP contribution in [0.25, 0.3) is 11.0 Å². The number of rotatable bonds is 1. The summed E-state index contributed by atoms with van der Waals surface area (Å²) in [6.45, 7) is 1.71. The van der Waals surface area contributed by atoms with Crippen LogP contribution in [0.5, 0.6) is 0 Å². The van der Waals surface area contributed by atoms with Crippen molar-refractivity contribution < 1.29 is 14.9 Å². The Labute approximate surface area is 125 Å². The summed E-state index contributed by atoms with van der Waals surface area (Å²) in [6, 6.07) is 0. The number of amidine groups is 1. The molecule has 2 aliphatic rings. The number of aliphatic hydroxyl groups is 2. The quantitative estimate of drug-likeness (QED) is 0.626. The molecule has 4 heterocycles. The number of aromatic nitrogens is 3. The van der Waals surface area contributed by atoms with E-state index in [0.717, 1.165) is 5.39 Å². The van der Waals surface area contributed by atoms with Crippen molar-refractivity contribution in [3.63, 3.8) is 0 Å². The van der Waals surface area contributed by atoms with Crippen molar-refractivity contribution in [2.75, 3.05) is 12.1 Å². The summed E-state index contributed by atoms with van der Waals surface area (Å²) >= 11 is 0. The fourth-order valence-electron chi connectivity index (χ4n) is 3.02. The zero-order valence-corrected chi connectivity index (χ0v) is 12.1. The number of hydrogen-bond acceptors (Lipinski definition) is 8. The van der Waals surface area contributed by atoms with E-state index in [-0.39, 0.29) is 0 Å². The van der Waals surface area contributed by atoms with Gasteiger partial charge in [0.05, 0.1) is 11.5 Å². The summed E-state index contributed by atoms with van der Waals surface area (Å²) in [6.07, 6.45) is -0.0549. The van der Waals surface area contributed by atoms with Crippen LogP contribution in [0.15, 0.2) is 17.6 Å². The third-order valence-corrected chi connectivity index (χ3v) is 4.18. The zero-order valence-electron chi connectivity index (χ0n) is 12.1. The van der Waals surface area contributed by atoms with E-state index in [2.05, 4.69) is 15.1 Å². The molecule has 4 rings (SSSR count). The molecule has 22 heavy (non-hydrogen) atoms. The van der Waals surface area contributed by atoms with Crippen LogP contribution in [0.1, 0.15) is 18.7 Å². The molecule has 2 aromatic rings. The monoisotopic (exact) mass is 304 g/mol. The number of nitrogens with two attached hydrogens (primary N) is 1. The molecule has 4 N–H and O–H groups in total. The van der Waals surface area contributed by atoms with E-state index in [4.69, 9.17) is 10.5 Å². The number of ether oxygens (including phenoxy) is 1. The highest BCUT2D eigenvalue weighted by molar-refractivity contribution is 6.13. The van der Waals surface area contributed by atoms with E-state index < -0.39 is 24.5 Å². The normalized spacial score (nSPS) is 30.9. The fraction of sp³-hybridized carbons (Fsp3) is 0.462. The molecule has 4 unspecified atom stereocenters. The van der Waals surface area contributed by atoms with E-state index in [1.54, 1.807) is 29.7 Å². The zero-order chi connectivity index (χ0) is 15.6. The second-order valence-corrected chi connectivity index (χ2v) is 5.57. The molecule has 9 nitrogen and oxygen atoms in total. The van der Waals surface area contributed by atoms with Gasteiger partial charge in [-0.25, -0.2) is 15.0 Å². The number of hydrazone groups is 1. The molecule has 0 aliphatic carbocycles. The molecule has 116 valence electrons. The third-order valence-electron chi connectivity index (χ3n) is 4.18. The van der Waals surface area contributed by atoms with Crippen LogP contribution in [-0.4, -0.2) is 55.9 Å². The Balaban J connectivity index is 1.94. The average molecular weight is 304 g/mol. The third kappa shape index (κ3) is 1.61. The van der Waals surface area contributed by atoms with Crippen molar-refractivity contribution in [3.8, 4) is 0 Å². The van der Waals surface area contributed by atoms with Crippen LogP contribution in [0.3, 0.4) is 0 Å². The van der Waals surface area contributed by atoms with Gasteiger partial charge < -0.3 is 25.3 Å². The summed E-state index contributed by atoms with van der Waals surface area (Å²) in [4.78, 5) is 8.51. The highest BCUT2D eigenvalue weighted by Crippen LogP contribution is 2.36. The summed E-state index contributed by atoms with van der Waals surface area (Å²) < 4.78 is 7.34. The van der Waals surface area contributed by atoms with E-state index >= 15 is 0 Å². The van der Waals surface area contributed by atoms with E-state index in [0.29, 0.717) is 22.9 Å². The Morgan fingerprint density at radius 3 is 2.73 bits per heavy atom. The molecule has 1 saturated heterocycles. The summed E-state index contributed by atoms with van der Waals surface area (Å²) in [5.74, 6) is 0.976. The number of aliphatic hydroxyl groups excluding tert-OH is 2. The predicted octanol–water partition coefficient (Wildman–Crippen LogP) is -0.860. The van der Waals surface area contributed by atoms with Crippen molar-refractivity contribution in [1.82, 2.24) is 14.5 Å². The first-order valence-corrected chi connectivity index (χ1v) is 6.94. The molecule has 0 saturated carbocycles. The standard InChI is InChI=1S/C13H16N6O3/c1-5-8(20)9(21)13(22-5)19-3-6-7-11(15-4-16-12(7)19)18(2)17-10(6)14/h3-5,8-9,13,20-21H,1-2H3,(H2,14,17). The Morgan fingerprint density at radius 1 is 1.27 bits per heavy atom. The van der Waals surface area contributed by atoms with E-state index in [1.807, 2.05) is 0 Å². The second kappa shape index (κ2) is 4.38. The molecule has 1 fully saturated rings. The van der Waals surface area contributed by atoms with Crippen LogP contribution in [0, 0.1) is 0 Å². The minimum Gasteiger partial charge on any atom is -0.388 e. The largest absolute Gasteiger partial charge is 0.388 e. The lowest BCUT2D eigenvalue weighted by molar-refractivity contribution is -0.0296. The van der Waals surface area contributed by atoms with Gasteiger partial charge in [-0.15, -0.1) is 0 Å². The lowest BCUT2D eigenvalue weighted by Gasteiger charge is -2.19. The highest BCUT2D eigenvalue weighted by atomic mass is 16.6. The average Bonchev–Trinajstić information content (AvgIpc) is 2.99. The highest BCUT2D eigenvalue weighted by Gasteiger charge is 2.42. The maximum absolute atomic E-state index is 10.2. The van der Waals surface area contributed by atoms with E-state index in [9.17, 15) is 10.2 Å². The number of anilines is 1. The van der Waals surface area contributed by atoms with Gasteiger partial charge in [0, 0.05) is 18.8 Å². The lowest BCUT2D eigenvalue weighted by Crippen LogP contribution is -2.30. The molecular formula is C13H16N6O3. The Hall–Kier alpha value is -2.23. The van der Waals surface area contributed by atoms with Gasteiger partial charge in [-0.3, -0.25) is 0 Å². The molecular weight excluding hydrogens is 288 g/mol. The SMILES string of the molecule is CC1OC(n2cc3c4c(ncnc42)N(C)N=C3N)C(O)C1O. The molecule has 0 aromatic carbocycles. The van der Waals surface area contributed by atoms with Gasteiger partial charge in [-0.1, -0.05) is 0 Å². The molecule has 0 spiro atoms. The maximum atomic E-state index is 10.2. The molecule has 4 atom stereocenters. The molecule has 9 heteroatoms. The predicted molar refractivity (Wildman–Crippen MR) is 78.3 cm³/mol. The molecule has 2 aliphatic heterocycles. The van der Waals surface area contributed by atoms with E-state index in [1.165, 1.54) is 6.33 Å². The Bertz CT molecular complexity index is 787. The fourth-order valence-corrected chi connectivity index (χ4v) is 3.02. The Kier molecular flexibility index (Phi) is 2.68. The topological polar surface area (TPSA) is 122 Å². The molecule has 0 amide bonds. The first-order chi connectivity index (χ1) is 10.5. The summed E-state index contributed by atoms with van der Waals surface area (Å²) in [5, 5.41) is 26.7. The van der Waals surface area contributed by atoms with Crippen LogP contribution >= 0.6 is 0 Å². The molecule has 0 bridgehead atoms. The van der Waals surface area contributed by atoms with Crippen molar-refractivity contribution in [2.24, 2.45) is 10.8 Å². The summed E-state index contributed by atoms with van der Waals surface area (Å²) in [5.41, 5.74) is 7.25. The van der Waals surface area contributed by atoms with Gasteiger partial charge in [0.2, 0.25) is 0 Å². The van der Waals surface area contributed by atoms with Crippen LogP contribution < -0.4 is 10.7 Å². The number of hydrogen-bond donors (Lipinski definition) is 3. The van der Waals surface area contributed by atoms with Crippen molar-refractivity contribution in [3.05, 3.63) is 18.1 Å². The van der Waals surface area contributed by atoms with Gasteiger partial charge in [-0.05, 0) is 6.92 Å². The van der Waals surface area contributed by atoms with Gasteiger partial charge in [0.25, 0.3) is 0 Å². The lowest BCUT2D eigenvalue weighted by atomic mass is 10.1.